The van der Waals surface area contributed by atoms with Crippen LogP contribution in [0.1, 0.15) is 108 Å². The Bertz CT molecular complexity index is 1160. The lowest BCUT2D eigenvalue weighted by atomic mass is 9.69. The second kappa shape index (κ2) is 16.4. The molecule has 1 unspecified atom stereocenters. The maximum absolute atomic E-state index is 13.1. The molecule has 1 aliphatic carbocycles. The third-order valence-electron chi connectivity index (χ3n) is 8.14. The van der Waals surface area contributed by atoms with Crippen LogP contribution in [0, 0.1) is 11.3 Å². The number of methoxy groups -OCH3 is 2. The summed E-state index contributed by atoms with van der Waals surface area (Å²) in [6.45, 7) is 13.4. The number of rotatable bonds is 11. The number of hydrogen-bond donors (Lipinski definition) is 0. The van der Waals surface area contributed by atoms with Gasteiger partial charge in [0.1, 0.15) is 5.66 Å². The second-order valence-electron chi connectivity index (χ2n) is 11.8. The Balaban J connectivity index is 0.00000301. The second-order valence-corrected chi connectivity index (χ2v) is 12.6. The van der Waals surface area contributed by atoms with E-state index < -0.39 is 11.6 Å². The van der Waals surface area contributed by atoms with Gasteiger partial charge >= 0.3 is 5.97 Å². The van der Waals surface area contributed by atoms with Crippen LogP contribution in [0.15, 0.2) is 47.5 Å². The van der Waals surface area contributed by atoms with Gasteiger partial charge in [-0.1, -0.05) is 70.0 Å². The Labute approximate surface area is 262 Å². The summed E-state index contributed by atoms with van der Waals surface area (Å²) in [5.41, 5.74) is 2.43. The minimum absolute atomic E-state index is 0.166. The number of ether oxygens (including phenoxy) is 2. The van der Waals surface area contributed by atoms with Crippen LogP contribution in [0.4, 0.5) is 0 Å². The van der Waals surface area contributed by atoms with E-state index in [-0.39, 0.29) is 11.5 Å². The predicted molar refractivity (Wildman–Crippen MR) is 174 cm³/mol. The first kappa shape index (κ1) is 35.8. The summed E-state index contributed by atoms with van der Waals surface area (Å²) in [5.74, 6) is 0.128. The van der Waals surface area contributed by atoms with Crippen molar-refractivity contribution in [3.05, 3.63) is 69.2 Å². The molecule has 0 aromatic heterocycles. The van der Waals surface area contributed by atoms with Gasteiger partial charge in [-0.2, -0.15) is 0 Å². The van der Waals surface area contributed by atoms with E-state index in [0.29, 0.717) is 34.6 Å². The first-order chi connectivity index (χ1) is 19.9. The Kier molecular flexibility index (Phi) is 14.0. The van der Waals surface area contributed by atoms with E-state index in [0.717, 1.165) is 55.4 Å². The molecule has 3 rings (SSSR count). The van der Waals surface area contributed by atoms with E-state index in [2.05, 4.69) is 20.8 Å². The van der Waals surface area contributed by atoms with Gasteiger partial charge in [-0.05, 0) is 98.2 Å². The molecule has 1 fully saturated rings. The van der Waals surface area contributed by atoms with Crippen molar-refractivity contribution in [2.75, 3.05) is 20.8 Å². The number of amides is 1. The SMILES string of the molecule is CC.COCCCC(c1ccc(C(=O)OC)cc1)N(C=O)C1(/N=C(\C)c2cc(Cl)cc(Cl)c2)CCC(C(C)(C)C)CC1. The molecule has 0 heterocycles. The van der Waals surface area contributed by atoms with Gasteiger partial charge < -0.3 is 14.4 Å². The molecule has 1 aliphatic rings. The standard InChI is InChI=1S/C32H42Cl2N2O4.C2H6/c1-22(25-18-27(33)20-28(34)19-25)35-32(15-13-26(14-16-32)31(2,3)4)36(21-37)29(8-7-17-39-5)23-9-11-24(12-10-23)30(38)40-6;1-2/h9-12,18-21,26,29H,7-8,13-17H2,1-6H3;1-2H3/b35-22+;. The van der Waals surface area contributed by atoms with Crippen molar-refractivity contribution in [3.63, 3.8) is 0 Å². The molecule has 2 aromatic carbocycles. The van der Waals surface area contributed by atoms with Crippen LogP contribution in [-0.4, -0.2) is 49.5 Å². The van der Waals surface area contributed by atoms with E-state index in [9.17, 15) is 9.59 Å². The number of carbonyl (C=O) groups excluding carboxylic acids is 2. The zero-order valence-electron chi connectivity index (χ0n) is 26.5. The Morgan fingerprint density at radius 2 is 1.62 bits per heavy atom. The lowest BCUT2D eigenvalue weighted by molar-refractivity contribution is -0.130. The van der Waals surface area contributed by atoms with Crippen LogP contribution < -0.4 is 0 Å². The Morgan fingerprint density at radius 3 is 2.10 bits per heavy atom. The lowest BCUT2D eigenvalue weighted by Gasteiger charge is -2.49. The summed E-state index contributed by atoms with van der Waals surface area (Å²) < 4.78 is 10.2. The van der Waals surface area contributed by atoms with Gasteiger partial charge in [0.05, 0.1) is 18.7 Å². The normalized spacial score (nSPS) is 19.8. The zero-order valence-corrected chi connectivity index (χ0v) is 28.0. The van der Waals surface area contributed by atoms with Gasteiger partial charge in [0.25, 0.3) is 0 Å². The third kappa shape index (κ3) is 9.29. The minimum atomic E-state index is -0.749. The van der Waals surface area contributed by atoms with E-state index in [1.165, 1.54) is 7.11 Å². The molecular weight excluding hydrogens is 571 g/mol. The van der Waals surface area contributed by atoms with Gasteiger partial charge in [0.15, 0.2) is 0 Å². The summed E-state index contributed by atoms with van der Waals surface area (Å²) in [4.78, 5) is 32.4. The van der Waals surface area contributed by atoms with E-state index in [1.54, 1.807) is 25.3 Å². The fourth-order valence-electron chi connectivity index (χ4n) is 5.82. The quantitative estimate of drug-likeness (QED) is 0.109. The van der Waals surface area contributed by atoms with Gasteiger partial charge in [0, 0.05) is 29.5 Å². The molecule has 2 aromatic rings. The molecule has 8 heteroatoms. The molecule has 0 aliphatic heterocycles. The summed E-state index contributed by atoms with van der Waals surface area (Å²) in [6, 6.07) is 12.5. The van der Waals surface area contributed by atoms with Crippen LogP contribution in [0.25, 0.3) is 0 Å². The molecule has 1 amide bonds. The molecule has 232 valence electrons. The highest BCUT2D eigenvalue weighted by atomic mass is 35.5. The number of benzene rings is 2. The first-order valence-electron chi connectivity index (χ1n) is 14.9. The monoisotopic (exact) mass is 618 g/mol. The number of aliphatic imine (C=N–C) groups is 1. The van der Waals surface area contributed by atoms with Crippen LogP contribution in [-0.2, 0) is 14.3 Å². The molecule has 0 N–H and O–H groups in total. The van der Waals surface area contributed by atoms with Gasteiger partial charge in [-0.15, -0.1) is 0 Å². The fraction of sp³-hybridized carbons (Fsp3) is 0.559. The van der Waals surface area contributed by atoms with Gasteiger partial charge in [0.2, 0.25) is 6.41 Å². The number of halogens is 2. The van der Waals surface area contributed by atoms with Crippen molar-refractivity contribution in [3.8, 4) is 0 Å². The summed E-state index contributed by atoms with van der Waals surface area (Å²) in [5, 5.41) is 1.08. The van der Waals surface area contributed by atoms with Crippen molar-refractivity contribution < 1.29 is 19.1 Å². The van der Waals surface area contributed by atoms with Crippen molar-refractivity contribution in [2.45, 2.75) is 91.8 Å². The maximum Gasteiger partial charge on any atom is 0.337 e. The number of carbonyl (C=O) groups is 2. The van der Waals surface area contributed by atoms with Crippen LogP contribution >= 0.6 is 23.2 Å². The molecule has 6 nitrogen and oxygen atoms in total. The molecule has 0 saturated heterocycles. The molecule has 42 heavy (non-hydrogen) atoms. The minimum Gasteiger partial charge on any atom is -0.465 e. The number of hydrogen-bond acceptors (Lipinski definition) is 5. The van der Waals surface area contributed by atoms with Crippen molar-refractivity contribution in [1.29, 1.82) is 0 Å². The maximum atomic E-state index is 13.1. The Morgan fingerprint density at radius 1 is 1.05 bits per heavy atom. The molecule has 1 atom stereocenters. The summed E-state index contributed by atoms with van der Waals surface area (Å²) in [6.07, 6.45) is 5.77. The average molecular weight is 620 g/mol. The molecule has 1 saturated carbocycles. The van der Waals surface area contributed by atoms with Crippen molar-refractivity contribution in [1.82, 2.24) is 4.90 Å². The van der Waals surface area contributed by atoms with E-state index in [4.69, 9.17) is 37.7 Å². The fourth-order valence-corrected chi connectivity index (χ4v) is 6.35. The van der Waals surface area contributed by atoms with Gasteiger partial charge in [-0.25, -0.2) is 4.79 Å². The van der Waals surface area contributed by atoms with Crippen molar-refractivity contribution >= 4 is 41.3 Å². The summed E-state index contributed by atoms with van der Waals surface area (Å²) >= 11 is 12.7. The first-order valence-corrected chi connectivity index (χ1v) is 15.6. The van der Waals surface area contributed by atoms with Crippen LogP contribution in [0.5, 0.6) is 0 Å². The largest absolute Gasteiger partial charge is 0.465 e. The summed E-state index contributed by atoms with van der Waals surface area (Å²) in [7, 11) is 3.04. The highest BCUT2D eigenvalue weighted by molar-refractivity contribution is 6.35. The topological polar surface area (TPSA) is 68.2 Å². The predicted octanol–water partition coefficient (Wildman–Crippen LogP) is 9.17. The van der Waals surface area contributed by atoms with Crippen LogP contribution in [0.3, 0.4) is 0 Å². The molecule has 0 spiro atoms. The highest BCUT2D eigenvalue weighted by Crippen LogP contribution is 2.47. The molecular formula is C34H48Cl2N2O4. The highest BCUT2D eigenvalue weighted by Gasteiger charge is 2.45. The molecule has 0 radical (unpaired) electrons. The zero-order chi connectivity index (χ0) is 31.5. The van der Waals surface area contributed by atoms with Gasteiger partial charge in [-0.3, -0.25) is 9.79 Å². The molecule has 0 bridgehead atoms. The van der Waals surface area contributed by atoms with E-state index >= 15 is 0 Å². The average Bonchev–Trinajstić information content (AvgIpc) is 2.96. The van der Waals surface area contributed by atoms with Crippen LogP contribution in [0.2, 0.25) is 10.0 Å². The number of esters is 1. The Hall–Kier alpha value is -2.41. The number of nitrogens with zero attached hydrogens (tertiary/aromatic N) is 2. The third-order valence-corrected chi connectivity index (χ3v) is 8.58. The smallest absolute Gasteiger partial charge is 0.337 e. The lowest BCUT2D eigenvalue weighted by Crippen LogP contribution is -2.52. The van der Waals surface area contributed by atoms with Crippen molar-refractivity contribution in [2.24, 2.45) is 16.3 Å². The van der Waals surface area contributed by atoms with E-state index in [1.807, 2.05) is 49.9 Å².